The van der Waals surface area contributed by atoms with Crippen LogP contribution in [0.2, 0.25) is 0 Å². The zero-order valence-corrected chi connectivity index (χ0v) is 19.1. The highest BCUT2D eigenvalue weighted by Gasteiger charge is 2.18. The minimum atomic E-state index is -0.186. The van der Waals surface area contributed by atoms with Crippen LogP contribution in [-0.4, -0.2) is 15.7 Å². The number of aromatic nitrogens is 2. The lowest BCUT2D eigenvalue weighted by Gasteiger charge is -2.19. The van der Waals surface area contributed by atoms with Crippen molar-refractivity contribution in [2.45, 2.75) is 39.3 Å². The van der Waals surface area contributed by atoms with E-state index in [0.717, 1.165) is 22.4 Å². The predicted molar refractivity (Wildman–Crippen MR) is 130 cm³/mol. The molecular formula is C26H27N3O2S. The van der Waals surface area contributed by atoms with Crippen molar-refractivity contribution in [1.29, 1.82) is 0 Å². The second kappa shape index (κ2) is 9.92. The van der Waals surface area contributed by atoms with E-state index in [4.69, 9.17) is 0 Å². The molecule has 0 bridgehead atoms. The van der Waals surface area contributed by atoms with E-state index in [1.807, 2.05) is 29.6 Å². The van der Waals surface area contributed by atoms with Crippen molar-refractivity contribution in [2.24, 2.45) is 5.92 Å². The third kappa shape index (κ3) is 5.14. The average molecular weight is 446 g/mol. The van der Waals surface area contributed by atoms with Gasteiger partial charge >= 0.3 is 0 Å². The summed E-state index contributed by atoms with van der Waals surface area (Å²) in [5.41, 5.74) is 3.00. The number of carbonyl (C=O) groups excluding carboxylic acids is 1. The van der Waals surface area contributed by atoms with Gasteiger partial charge in [-0.15, -0.1) is 11.3 Å². The Morgan fingerprint density at radius 3 is 2.56 bits per heavy atom. The zero-order valence-electron chi connectivity index (χ0n) is 18.3. The van der Waals surface area contributed by atoms with Crippen LogP contribution in [0.4, 0.5) is 0 Å². The average Bonchev–Trinajstić information content (AvgIpc) is 3.32. The van der Waals surface area contributed by atoms with Crippen LogP contribution in [0.15, 0.2) is 77.0 Å². The van der Waals surface area contributed by atoms with Crippen LogP contribution in [0.25, 0.3) is 10.9 Å². The Bertz CT molecular complexity index is 1240. The fourth-order valence-corrected chi connectivity index (χ4v) is 4.67. The molecule has 0 radical (unpaired) electrons. The molecule has 0 fully saturated rings. The highest BCUT2D eigenvalue weighted by atomic mass is 32.1. The summed E-state index contributed by atoms with van der Waals surface area (Å²) in [6.07, 6.45) is 2.62. The fourth-order valence-electron chi connectivity index (χ4n) is 3.87. The molecular weight excluding hydrogens is 418 g/mol. The van der Waals surface area contributed by atoms with Crippen molar-refractivity contribution in [1.82, 2.24) is 15.1 Å². The van der Waals surface area contributed by atoms with Gasteiger partial charge < -0.3 is 5.32 Å². The van der Waals surface area contributed by atoms with Crippen LogP contribution in [0.1, 0.15) is 42.3 Å². The normalized spacial score (nSPS) is 12.2. The highest BCUT2D eigenvalue weighted by Crippen LogP contribution is 2.27. The number of rotatable bonds is 8. The number of nitrogens with one attached hydrogen (secondary N) is 1. The van der Waals surface area contributed by atoms with Crippen LogP contribution in [0, 0.1) is 5.92 Å². The summed E-state index contributed by atoms with van der Waals surface area (Å²) in [7, 11) is 0. The summed E-state index contributed by atoms with van der Waals surface area (Å²) in [5.74, 6) is 0.547. The van der Waals surface area contributed by atoms with E-state index in [-0.39, 0.29) is 23.8 Å². The van der Waals surface area contributed by atoms with Gasteiger partial charge in [0.05, 0.1) is 24.3 Å². The van der Waals surface area contributed by atoms with Crippen molar-refractivity contribution in [3.8, 4) is 0 Å². The van der Waals surface area contributed by atoms with Crippen molar-refractivity contribution in [3.63, 3.8) is 0 Å². The van der Waals surface area contributed by atoms with E-state index in [1.165, 1.54) is 11.8 Å². The van der Waals surface area contributed by atoms with Crippen LogP contribution in [-0.2, 0) is 17.8 Å². The Balaban J connectivity index is 1.49. The van der Waals surface area contributed by atoms with Crippen LogP contribution in [0.3, 0.4) is 0 Å². The molecule has 2 aromatic heterocycles. The maximum Gasteiger partial charge on any atom is 0.222 e. The summed E-state index contributed by atoms with van der Waals surface area (Å²) in [6.45, 7) is 4.82. The second-order valence-corrected chi connectivity index (χ2v) is 9.33. The maximum absolute atomic E-state index is 12.9. The van der Waals surface area contributed by atoms with Gasteiger partial charge in [-0.3, -0.25) is 14.3 Å². The molecule has 1 N–H and O–H groups in total. The summed E-state index contributed by atoms with van der Waals surface area (Å²) in [5, 5.41) is 10.1. The molecule has 164 valence electrons. The second-order valence-electron chi connectivity index (χ2n) is 8.35. The number of carbonyl (C=O) groups is 1. The van der Waals surface area contributed by atoms with Gasteiger partial charge in [0, 0.05) is 16.7 Å². The molecule has 4 aromatic rings. The van der Waals surface area contributed by atoms with Crippen LogP contribution >= 0.6 is 11.3 Å². The van der Waals surface area contributed by atoms with E-state index in [9.17, 15) is 9.59 Å². The molecule has 0 aliphatic heterocycles. The van der Waals surface area contributed by atoms with E-state index in [2.05, 4.69) is 54.6 Å². The van der Waals surface area contributed by atoms with Gasteiger partial charge in [0.25, 0.3) is 0 Å². The maximum atomic E-state index is 12.9. The Morgan fingerprint density at radius 1 is 1.06 bits per heavy atom. The van der Waals surface area contributed by atoms with Gasteiger partial charge in [0.15, 0.2) is 0 Å². The molecule has 0 saturated carbocycles. The van der Waals surface area contributed by atoms with Crippen LogP contribution < -0.4 is 10.7 Å². The first-order valence-electron chi connectivity index (χ1n) is 10.9. The van der Waals surface area contributed by atoms with E-state index >= 15 is 0 Å². The molecule has 32 heavy (non-hydrogen) atoms. The molecule has 0 spiro atoms. The molecule has 0 aliphatic rings. The Labute approximate surface area is 191 Å². The Morgan fingerprint density at radius 2 is 1.84 bits per heavy atom. The number of benzene rings is 2. The van der Waals surface area contributed by atoms with Gasteiger partial charge in [0.2, 0.25) is 11.3 Å². The number of aryl methyl sites for hydroxylation is 1. The summed E-state index contributed by atoms with van der Waals surface area (Å²) >= 11 is 1.63. The molecule has 5 nitrogen and oxygen atoms in total. The van der Waals surface area contributed by atoms with Crippen molar-refractivity contribution in [2.75, 3.05) is 0 Å². The van der Waals surface area contributed by atoms with Crippen molar-refractivity contribution in [3.05, 3.63) is 98.5 Å². The molecule has 2 aromatic carbocycles. The van der Waals surface area contributed by atoms with Crippen molar-refractivity contribution < 1.29 is 4.79 Å². The third-order valence-electron chi connectivity index (χ3n) is 5.40. The zero-order chi connectivity index (χ0) is 22.5. The molecule has 4 rings (SSSR count). The number of fused-ring (bicyclic) bond motifs is 1. The number of nitrogens with zero attached hydrogens (tertiary/aromatic N) is 2. The standard InChI is InChI=1S/C26H27N3O2S/c1-18(2)16-19-9-11-20(12-10-19)26(24-8-5-15-32-24)28-25(31)13-14-29-22-7-4-3-6-21(22)23(30)17-27-29/h3-12,15,17-18,26H,13-14,16H2,1-2H3,(H,28,31)/t26-/m0/s1. The smallest absolute Gasteiger partial charge is 0.222 e. The Kier molecular flexibility index (Phi) is 6.81. The van der Waals surface area contributed by atoms with Gasteiger partial charge in [-0.1, -0.05) is 56.3 Å². The molecule has 1 atom stereocenters. The monoisotopic (exact) mass is 445 g/mol. The number of amides is 1. The first kappa shape index (κ1) is 22.0. The number of hydrogen-bond acceptors (Lipinski definition) is 4. The number of hydrogen-bond donors (Lipinski definition) is 1. The van der Waals surface area contributed by atoms with E-state index in [0.29, 0.717) is 17.8 Å². The van der Waals surface area contributed by atoms with Crippen molar-refractivity contribution >= 4 is 28.1 Å². The third-order valence-corrected chi connectivity index (χ3v) is 6.34. The Hall–Kier alpha value is -3.25. The SMILES string of the molecule is CC(C)Cc1ccc([C@H](NC(=O)CCn2ncc(=O)c3ccccc32)c2cccs2)cc1. The summed E-state index contributed by atoms with van der Waals surface area (Å²) in [6, 6.07) is 19.7. The number of para-hydroxylation sites is 1. The molecule has 0 saturated heterocycles. The minimum Gasteiger partial charge on any atom is -0.344 e. The van der Waals surface area contributed by atoms with E-state index in [1.54, 1.807) is 22.1 Å². The predicted octanol–water partition coefficient (Wildman–Crippen LogP) is 4.95. The summed E-state index contributed by atoms with van der Waals surface area (Å²) in [4.78, 5) is 26.0. The largest absolute Gasteiger partial charge is 0.344 e. The first-order chi connectivity index (χ1) is 15.5. The minimum absolute atomic E-state index is 0.0563. The highest BCUT2D eigenvalue weighted by molar-refractivity contribution is 7.10. The molecule has 2 heterocycles. The molecule has 0 unspecified atom stereocenters. The topological polar surface area (TPSA) is 64.0 Å². The molecule has 0 aliphatic carbocycles. The molecule has 1 amide bonds. The quantitative estimate of drug-likeness (QED) is 0.417. The lowest BCUT2D eigenvalue weighted by Crippen LogP contribution is -2.30. The summed E-state index contributed by atoms with van der Waals surface area (Å²) < 4.78 is 1.72. The number of thiophene rings is 1. The van der Waals surface area contributed by atoms with E-state index < -0.39 is 0 Å². The van der Waals surface area contributed by atoms with Gasteiger partial charge in [-0.2, -0.15) is 5.10 Å². The van der Waals surface area contributed by atoms with Gasteiger partial charge in [0.1, 0.15) is 0 Å². The van der Waals surface area contributed by atoms with Crippen LogP contribution in [0.5, 0.6) is 0 Å². The van der Waals surface area contributed by atoms with Gasteiger partial charge in [-0.05, 0) is 47.0 Å². The first-order valence-corrected chi connectivity index (χ1v) is 11.8. The lowest BCUT2D eigenvalue weighted by molar-refractivity contribution is -0.121. The lowest BCUT2D eigenvalue weighted by atomic mass is 9.98. The fraction of sp³-hybridized carbons (Fsp3) is 0.269. The molecule has 6 heteroatoms. The van der Waals surface area contributed by atoms with Gasteiger partial charge in [-0.25, -0.2) is 0 Å².